The lowest BCUT2D eigenvalue weighted by atomic mass is 9.65. The van der Waals surface area contributed by atoms with E-state index in [1.807, 2.05) is 0 Å². The molecule has 2 heteroatoms. The molecule has 0 N–H and O–H groups in total. The molecule has 1 aromatic heterocycles. The van der Waals surface area contributed by atoms with E-state index >= 15 is 0 Å². The van der Waals surface area contributed by atoms with Crippen LogP contribution in [0.4, 0.5) is 17.1 Å². The van der Waals surface area contributed by atoms with Crippen molar-refractivity contribution in [2.24, 2.45) is 0 Å². The molecule has 1 unspecified atom stereocenters. The summed E-state index contributed by atoms with van der Waals surface area (Å²) in [6.07, 6.45) is 0. The molecule has 4 aliphatic rings. The molecule has 2 spiro atoms. The van der Waals surface area contributed by atoms with E-state index in [4.69, 9.17) is 0 Å². The molecule has 0 saturated heterocycles. The Bertz CT molecular complexity index is 4550. The van der Waals surface area contributed by atoms with E-state index in [0.29, 0.717) is 0 Å². The number of hydrogen-bond donors (Lipinski definition) is 0. The summed E-state index contributed by atoms with van der Waals surface area (Å²) >= 11 is 0. The molecular formula is C74H46N2. The lowest BCUT2D eigenvalue weighted by Gasteiger charge is -2.40. The van der Waals surface area contributed by atoms with E-state index in [2.05, 4.69) is 289 Å². The zero-order valence-corrected chi connectivity index (χ0v) is 41.5. The third-order valence-corrected chi connectivity index (χ3v) is 17.6. The highest BCUT2D eigenvalue weighted by molar-refractivity contribution is 6.13. The van der Waals surface area contributed by atoms with Gasteiger partial charge >= 0.3 is 0 Å². The zero-order chi connectivity index (χ0) is 49.7. The van der Waals surface area contributed by atoms with Gasteiger partial charge in [-0.3, -0.25) is 0 Å². The second kappa shape index (κ2) is 15.4. The molecule has 76 heavy (non-hydrogen) atoms. The molecule has 12 aromatic carbocycles. The third-order valence-electron chi connectivity index (χ3n) is 17.6. The summed E-state index contributed by atoms with van der Waals surface area (Å²) < 4.78 is 2.53. The van der Waals surface area contributed by atoms with Crippen LogP contribution in [0.2, 0.25) is 0 Å². The van der Waals surface area contributed by atoms with Crippen molar-refractivity contribution in [3.63, 3.8) is 0 Å². The van der Waals surface area contributed by atoms with Gasteiger partial charge in [0, 0.05) is 27.8 Å². The van der Waals surface area contributed by atoms with E-state index in [1.54, 1.807) is 0 Å². The Hall–Kier alpha value is -9.76. The molecule has 352 valence electrons. The van der Waals surface area contributed by atoms with Crippen LogP contribution >= 0.6 is 0 Å². The van der Waals surface area contributed by atoms with Crippen LogP contribution in [-0.4, -0.2) is 4.57 Å². The largest absolute Gasteiger partial charge is 0.310 e. The first kappa shape index (κ1) is 41.7. The second-order valence-electron chi connectivity index (χ2n) is 21.0. The van der Waals surface area contributed by atoms with Crippen molar-refractivity contribution in [3.05, 3.63) is 324 Å². The van der Waals surface area contributed by atoms with Crippen LogP contribution < -0.4 is 4.90 Å². The standard InChI is InChI=1S/C74H46N2/c1-3-19-47(20-4-1)49-23-17-24-51(43-49)75(52-39-42-59-57-40-37-50(48-21-5-2-6-22-48)44-67(57)73(68(59)45-52)62-30-11-7-25-54(62)55-26-8-12-31-63(55)73)53-38-41-58-56-27-9-13-32-64(56)74(69(58)46-53)65-33-14-16-36-71(65)76-70-35-15-10-28-60(70)61-29-18-34-66(74)72(61)76/h1-46H. The first-order valence-corrected chi connectivity index (χ1v) is 26.6. The number of hydrogen-bond acceptors (Lipinski definition) is 1. The Balaban J connectivity index is 0.949. The Labute approximate surface area is 441 Å². The van der Waals surface area contributed by atoms with Gasteiger partial charge in [-0.15, -0.1) is 0 Å². The van der Waals surface area contributed by atoms with Crippen LogP contribution in [0.25, 0.3) is 83.1 Å². The van der Waals surface area contributed by atoms with Gasteiger partial charge in [-0.25, -0.2) is 0 Å². The second-order valence-corrected chi connectivity index (χ2v) is 21.0. The molecule has 1 atom stereocenters. The topological polar surface area (TPSA) is 8.17 Å². The minimum atomic E-state index is -0.600. The third kappa shape index (κ3) is 5.30. The van der Waals surface area contributed by atoms with Gasteiger partial charge in [0.2, 0.25) is 0 Å². The number of anilines is 3. The lowest BCUT2D eigenvalue weighted by molar-refractivity contribution is 0.748. The fourth-order valence-electron chi connectivity index (χ4n) is 14.7. The number of benzene rings is 12. The van der Waals surface area contributed by atoms with Gasteiger partial charge in [-0.1, -0.05) is 224 Å². The molecule has 0 fully saturated rings. The summed E-state index contributed by atoms with van der Waals surface area (Å²) in [5.74, 6) is 0. The van der Waals surface area contributed by atoms with Crippen LogP contribution in [0, 0.1) is 0 Å². The summed E-state index contributed by atoms with van der Waals surface area (Å²) in [5.41, 5.74) is 28.9. The molecule has 0 amide bonds. The van der Waals surface area contributed by atoms with Crippen molar-refractivity contribution in [3.8, 4) is 61.3 Å². The molecule has 0 bridgehead atoms. The Morgan fingerprint density at radius 1 is 0.250 bits per heavy atom. The van der Waals surface area contributed by atoms with Gasteiger partial charge in [-0.05, 0) is 155 Å². The van der Waals surface area contributed by atoms with Gasteiger partial charge in [0.1, 0.15) is 0 Å². The summed E-state index contributed by atoms with van der Waals surface area (Å²) in [7, 11) is 0. The average molecular weight is 963 g/mol. The molecule has 13 aromatic rings. The average Bonchev–Trinajstić information content (AvgIpc) is 4.04. The van der Waals surface area contributed by atoms with Crippen LogP contribution in [0.15, 0.2) is 279 Å². The first-order valence-electron chi connectivity index (χ1n) is 26.6. The van der Waals surface area contributed by atoms with Crippen LogP contribution in [0.5, 0.6) is 0 Å². The minimum Gasteiger partial charge on any atom is -0.310 e. The lowest BCUT2D eigenvalue weighted by Crippen LogP contribution is -2.33. The number of para-hydroxylation sites is 3. The maximum absolute atomic E-state index is 2.54. The number of rotatable bonds is 5. The van der Waals surface area contributed by atoms with Gasteiger partial charge in [-0.2, -0.15) is 0 Å². The van der Waals surface area contributed by atoms with Crippen molar-refractivity contribution in [2.45, 2.75) is 10.8 Å². The van der Waals surface area contributed by atoms with Crippen molar-refractivity contribution >= 4 is 38.9 Å². The Morgan fingerprint density at radius 2 is 0.671 bits per heavy atom. The highest BCUT2D eigenvalue weighted by atomic mass is 15.1. The zero-order valence-electron chi connectivity index (χ0n) is 41.5. The molecule has 3 aliphatic carbocycles. The highest BCUT2D eigenvalue weighted by Gasteiger charge is 2.53. The van der Waals surface area contributed by atoms with E-state index < -0.39 is 10.8 Å². The van der Waals surface area contributed by atoms with Crippen LogP contribution in [-0.2, 0) is 10.8 Å². The number of aromatic nitrogens is 1. The number of fused-ring (bicyclic) bond motifs is 22. The SMILES string of the molecule is c1ccc(-c2cccc(N(c3ccc4c(c3)C3(c5ccccc5-c5ccccc53)c3cc(-c5ccccc5)ccc3-4)c3ccc4c(c3)C3(c5ccccc5-4)c4ccccc4-n4c5ccccc5c5cccc3c54)c2)cc1. The van der Waals surface area contributed by atoms with E-state index in [-0.39, 0.29) is 0 Å². The fraction of sp³-hybridized carbons (Fsp3) is 0.0270. The quantitative estimate of drug-likeness (QED) is 0.167. The molecule has 0 saturated carbocycles. The summed E-state index contributed by atoms with van der Waals surface area (Å²) in [6.45, 7) is 0. The monoisotopic (exact) mass is 962 g/mol. The molecule has 0 radical (unpaired) electrons. The molecule has 1 aliphatic heterocycles. The number of nitrogens with zero attached hydrogens (tertiary/aromatic N) is 2. The van der Waals surface area contributed by atoms with Gasteiger partial charge in [0.05, 0.1) is 27.6 Å². The van der Waals surface area contributed by atoms with E-state index in [1.165, 1.54) is 128 Å². The Morgan fingerprint density at radius 3 is 1.30 bits per heavy atom. The van der Waals surface area contributed by atoms with E-state index in [0.717, 1.165) is 17.1 Å². The van der Waals surface area contributed by atoms with Gasteiger partial charge in [0.15, 0.2) is 0 Å². The van der Waals surface area contributed by atoms with Crippen LogP contribution in [0.3, 0.4) is 0 Å². The maximum Gasteiger partial charge on any atom is 0.0755 e. The van der Waals surface area contributed by atoms with Gasteiger partial charge < -0.3 is 9.47 Å². The van der Waals surface area contributed by atoms with Gasteiger partial charge in [0.25, 0.3) is 0 Å². The van der Waals surface area contributed by atoms with Crippen molar-refractivity contribution in [2.75, 3.05) is 4.90 Å². The maximum atomic E-state index is 2.54. The summed E-state index contributed by atoms with van der Waals surface area (Å²) in [5, 5.41) is 2.55. The van der Waals surface area contributed by atoms with Crippen molar-refractivity contribution in [1.29, 1.82) is 0 Å². The summed E-state index contributed by atoms with van der Waals surface area (Å²) in [6, 6.07) is 105. The Kier molecular flexibility index (Phi) is 8.44. The van der Waals surface area contributed by atoms with E-state index in [9.17, 15) is 0 Å². The normalized spacial score (nSPS) is 15.3. The molecule has 2 heterocycles. The van der Waals surface area contributed by atoms with Crippen LogP contribution in [0.1, 0.15) is 44.5 Å². The minimum absolute atomic E-state index is 0.553. The fourth-order valence-corrected chi connectivity index (χ4v) is 14.7. The van der Waals surface area contributed by atoms with Crippen molar-refractivity contribution < 1.29 is 0 Å². The smallest absolute Gasteiger partial charge is 0.0755 e. The predicted octanol–water partition coefficient (Wildman–Crippen LogP) is 18.6. The molecule has 2 nitrogen and oxygen atoms in total. The van der Waals surface area contributed by atoms with Crippen molar-refractivity contribution in [1.82, 2.24) is 4.57 Å². The highest BCUT2D eigenvalue weighted by Crippen LogP contribution is 2.65. The summed E-state index contributed by atoms with van der Waals surface area (Å²) in [4.78, 5) is 2.54. The predicted molar refractivity (Wildman–Crippen MR) is 313 cm³/mol. The molecular weight excluding hydrogens is 917 g/mol. The molecule has 17 rings (SSSR count). The first-order chi connectivity index (χ1) is 37.7.